The van der Waals surface area contributed by atoms with Crippen LogP contribution in [0.25, 0.3) is 0 Å². The summed E-state index contributed by atoms with van der Waals surface area (Å²) >= 11 is 5.46. The summed E-state index contributed by atoms with van der Waals surface area (Å²) in [4.78, 5) is 14.4. The lowest BCUT2D eigenvalue weighted by molar-refractivity contribution is 0.0710. The average Bonchev–Trinajstić information content (AvgIpc) is 2.65. The Morgan fingerprint density at radius 1 is 1.08 bits per heavy atom. The lowest BCUT2D eigenvalue weighted by atomic mass is 10.0. The molecule has 0 aliphatic carbocycles. The van der Waals surface area contributed by atoms with Crippen molar-refractivity contribution in [3.05, 3.63) is 65.2 Å². The van der Waals surface area contributed by atoms with Crippen LogP contribution in [0.3, 0.4) is 0 Å². The van der Waals surface area contributed by atoms with Crippen molar-refractivity contribution in [1.82, 2.24) is 10.2 Å². The molecule has 136 valence electrons. The molecule has 1 amide bonds. The highest BCUT2D eigenvalue weighted by Gasteiger charge is 2.23. The van der Waals surface area contributed by atoms with E-state index in [4.69, 9.17) is 12.2 Å². The van der Waals surface area contributed by atoms with Crippen LogP contribution in [0.15, 0.2) is 48.5 Å². The maximum Gasteiger partial charge on any atom is 0.253 e. The third-order valence-electron chi connectivity index (χ3n) is 4.77. The van der Waals surface area contributed by atoms with Gasteiger partial charge in [0, 0.05) is 30.4 Å². The zero-order valence-electron chi connectivity index (χ0n) is 15.3. The van der Waals surface area contributed by atoms with Crippen LogP contribution in [-0.4, -0.2) is 35.1 Å². The van der Waals surface area contributed by atoms with Crippen molar-refractivity contribution >= 4 is 28.9 Å². The minimum absolute atomic E-state index is 0.111. The molecule has 1 fully saturated rings. The van der Waals surface area contributed by atoms with Gasteiger partial charge in [0.05, 0.1) is 0 Å². The van der Waals surface area contributed by atoms with Gasteiger partial charge < -0.3 is 15.5 Å². The van der Waals surface area contributed by atoms with Crippen LogP contribution in [0.2, 0.25) is 0 Å². The highest BCUT2D eigenvalue weighted by Crippen LogP contribution is 2.17. The Morgan fingerprint density at radius 2 is 1.77 bits per heavy atom. The first-order valence-corrected chi connectivity index (χ1v) is 9.43. The number of nitrogens with one attached hydrogen (secondary N) is 2. The Labute approximate surface area is 160 Å². The molecule has 2 aromatic rings. The predicted octanol–water partition coefficient (Wildman–Crippen LogP) is 3.89. The Hall–Kier alpha value is -2.40. The number of anilines is 1. The number of aryl methyl sites for hydroxylation is 2. The van der Waals surface area contributed by atoms with E-state index >= 15 is 0 Å². The quantitative estimate of drug-likeness (QED) is 0.808. The number of carbonyl (C=O) groups excluding carboxylic acids is 1. The van der Waals surface area contributed by atoms with Gasteiger partial charge in [0.25, 0.3) is 5.91 Å². The van der Waals surface area contributed by atoms with E-state index < -0.39 is 0 Å². The molecule has 1 saturated heterocycles. The van der Waals surface area contributed by atoms with E-state index in [-0.39, 0.29) is 5.91 Å². The number of hydrogen-bond acceptors (Lipinski definition) is 2. The summed E-state index contributed by atoms with van der Waals surface area (Å²) in [5, 5.41) is 7.32. The highest BCUT2D eigenvalue weighted by atomic mass is 32.1. The first-order chi connectivity index (χ1) is 12.5. The smallest absolute Gasteiger partial charge is 0.253 e. The van der Waals surface area contributed by atoms with Crippen LogP contribution in [0.1, 0.15) is 34.3 Å². The zero-order valence-corrected chi connectivity index (χ0v) is 16.1. The monoisotopic (exact) mass is 367 g/mol. The van der Waals surface area contributed by atoms with Crippen molar-refractivity contribution in [2.45, 2.75) is 32.7 Å². The minimum atomic E-state index is 0.111. The van der Waals surface area contributed by atoms with Gasteiger partial charge in [-0.2, -0.15) is 0 Å². The summed E-state index contributed by atoms with van der Waals surface area (Å²) in [6, 6.07) is 16.0. The second kappa shape index (κ2) is 8.32. The maximum atomic E-state index is 12.5. The van der Waals surface area contributed by atoms with E-state index in [1.54, 1.807) is 0 Å². The molecule has 5 heteroatoms. The number of amides is 1. The normalized spacial score (nSPS) is 14.8. The first kappa shape index (κ1) is 18.4. The fraction of sp³-hybridized carbons (Fsp3) is 0.333. The number of benzene rings is 2. The largest absolute Gasteiger partial charge is 0.360 e. The van der Waals surface area contributed by atoms with E-state index in [9.17, 15) is 4.79 Å². The SMILES string of the molecule is Cc1ccc(NC(=S)NC2CCN(C(=O)c3ccccc3)CC2)c(C)c1. The number of thiocarbonyl (C=S) groups is 1. The molecule has 0 bridgehead atoms. The fourth-order valence-electron chi connectivity index (χ4n) is 3.29. The molecule has 0 saturated carbocycles. The molecule has 1 heterocycles. The molecule has 0 spiro atoms. The summed E-state index contributed by atoms with van der Waals surface area (Å²) < 4.78 is 0. The Balaban J connectivity index is 1.49. The number of hydrogen-bond donors (Lipinski definition) is 2. The third-order valence-corrected chi connectivity index (χ3v) is 4.99. The predicted molar refractivity (Wildman–Crippen MR) is 111 cm³/mol. The van der Waals surface area contributed by atoms with Crippen LogP contribution in [-0.2, 0) is 0 Å². The highest BCUT2D eigenvalue weighted by molar-refractivity contribution is 7.80. The maximum absolute atomic E-state index is 12.5. The van der Waals surface area contributed by atoms with Crippen molar-refractivity contribution in [3.63, 3.8) is 0 Å². The van der Waals surface area contributed by atoms with Crippen molar-refractivity contribution in [1.29, 1.82) is 0 Å². The molecule has 1 aliphatic rings. The molecule has 3 rings (SSSR count). The topological polar surface area (TPSA) is 44.4 Å². The van der Waals surface area contributed by atoms with Crippen molar-refractivity contribution in [2.24, 2.45) is 0 Å². The van der Waals surface area contributed by atoms with E-state index in [1.807, 2.05) is 35.2 Å². The second-order valence-electron chi connectivity index (χ2n) is 6.85. The van der Waals surface area contributed by atoms with Crippen molar-refractivity contribution in [2.75, 3.05) is 18.4 Å². The summed E-state index contributed by atoms with van der Waals surface area (Å²) in [6.45, 7) is 5.65. The van der Waals surface area contributed by atoms with Crippen LogP contribution in [0.5, 0.6) is 0 Å². The number of carbonyl (C=O) groups is 1. The molecule has 1 aliphatic heterocycles. The molecule has 0 atom stereocenters. The Bertz CT molecular complexity index is 783. The number of rotatable bonds is 3. The molecule has 2 aromatic carbocycles. The van der Waals surface area contributed by atoms with E-state index in [2.05, 4.69) is 42.7 Å². The van der Waals surface area contributed by atoms with E-state index in [1.165, 1.54) is 11.1 Å². The van der Waals surface area contributed by atoms with Gasteiger partial charge in [0.2, 0.25) is 0 Å². The van der Waals surface area contributed by atoms with Crippen molar-refractivity contribution < 1.29 is 4.79 Å². The number of likely N-dealkylation sites (tertiary alicyclic amines) is 1. The lowest BCUT2D eigenvalue weighted by Crippen LogP contribution is -2.47. The van der Waals surface area contributed by atoms with Gasteiger partial charge in [-0.05, 0) is 62.7 Å². The molecular formula is C21H25N3OS. The second-order valence-corrected chi connectivity index (χ2v) is 7.26. The van der Waals surface area contributed by atoms with Gasteiger partial charge in [-0.3, -0.25) is 4.79 Å². The van der Waals surface area contributed by atoms with Gasteiger partial charge in [-0.1, -0.05) is 35.9 Å². The standard InChI is InChI=1S/C21H25N3OS/c1-15-8-9-19(16(2)14-15)23-21(26)22-18-10-12-24(13-11-18)20(25)17-6-4-3-5-7-17/h3-9,14,18H,10-13H2,1-2H3,(H2,22,23,26). The molecule has 4 nitrogen and oxygen atoms in total. The molecule has 0 radical (unpaired) electrons. The van der Waals surface area contributed by atoms with Crippen LogP contribution in [0, 0.1) is 13.8 Å². The summed E-state index contributed by atoms with van der Waals surface area (Å²) in [7, 11) is 0. The molecule has 0 unspecified atom stereocenters. The van der Waals surface area contributed by atoms with Gasteiger partial charge >= 0.3 is 0 Å². The average molecular weight is 368 g/mol. The Kier molecular flexibility index (Phi) is 5.89. The van der Waals surface area contributed by atoms with Gasteiger partial charge in [0.15, 0.2) is 5.11 Å². The van der Waals surface area contributed by atoms with Crippen LogP contribution in [0.4, 0.5) is 5.69 Å². The summed E-state index contributed by atoms with van der Waals surface area (Å²) in [5.74, 6) is 0.111. The Morgan fingerprint density at radius 3 is 2.42 bits per heavy atom. The van der Waals surface area contributed by atoms with Crippen LogP contribution < -0.4 is 10.6 Å². The number of nitrogens with zero attached hydrogens (tertiary/aromatic N) is 1. The molecular weight excluding hydrogens is 342 g/mol. The summed E-state index contributed by atoms with van der Waals surface area (Å²) in [6.07, 6.45) is 1.79. The lowest BCUT2D eigenvalue weighted by Gasteiger charge is -2.33. The van der Waals surface area contributed by atoms with Gasteiger partial charge in [-0.25, -0.2) is 0 Å². The van der Waals surface area contributed by atoms with Crippen LogP contribution >= 0.6 is 12.2 Å². The first-order valence-electron chi connectivity index (χ1n) is 9.02. The molecule has 0 aromatic heterocycles. The van der Waals surface area contributed by atoms with Crippen molar-refractivity contribution in [3.8, 4) is 0 Å². The zero-order chi connectivity index (χ0) is 18.5. The molecule has 26 heavy (non-hydrogen) atoms. The minimum Gasteiger partial charge on any atom is -0.360 e. The van der Waals surface area contributed by atoms with Gasteiger partial charge in [-0.15, -0.1) is 0 Å². The van der Waals surface area contributed by atoms with Gasteiger partial charge in [0.1, 0.15) is 0 Å². The fourth-order valence-corrected chi connectivity index (χ4v) is 3.56. The third kappa shape index (κ3) is 4.61. The summed E-state index contributed by atoms with van der Waals surface area (Å²) in [5.41, 5.74) is 4.20. The van der Waals surface area contributed by atoms with E-state index in [0.717, 1.165) is 37.2 Å². The number of piperidine rings is 1. The van der Waals surface area contributed by atoms with E-state index in [0.29, 0.717) is 11.2 Å². The molecule has 2 N–H and O–H groups in total.